The van der Waals surface area contributed by atoms with Gasteiger partial charge in [0, 0.05) is 31.0 Å². The molecule has 2 atom stereocenters. The molecule has 6 heteroatoms. The summed E-state index contributed by atoms with van der Waals surface area (Å²) in [5.41, 5.74) is 6.47. The molecule has 0 spiro atoms. The molecule has 0 radical (unpaired) electrons. The number of carbonyl (C=O) groups is 1. The Morgan fingerprint density at radius 2 is 2.38 bits per heavy atom. The van der Waals surface area contributed by atoms with E-state index in [4.69, 9.17) is 10.5 Å². The number of rotatable bonds is 2. The Morgan fingerprint density at radius 3 is 3.10 bits per heavy atom. The molecule has 1 aliphatic rings. The van der Waals surface area contributed by atoms with Crippen molar-refractivity contribution in [3.8, 4) is 11.8 Å². The molecular weight excluding hydrogens is 270 g/mol. The lowest BCUT2D eigenvalue weighted by molar-refractivity contribution is -0.0858. The summed E-state index contributed by atoms with van der Waals surface area (Å²) in [5.74, 6) is 5.46. The Labute approximate surface area is 123 Å². The van der Waals surface area contributed by atoms with Crippen molar-refractivity contribution in [3.05, 3.63) is 29.6 Å². The Bertz CT molecular complexity index is 565. The molecule has 21 heavy (non-hydrogen) atoms. The van der Waals surface area contributed by atoms with Crippen molar-refractivity contribution in [2.75, 3.05) is 26.2 Å². The van der Waals surface area contributed by atoms with E-state index in [1.807, 2.05) is 6.92 Å². The summed E-state index contributed by atoms with van der Waals surface area (Å²) in [5, 5.41) is 9.21. The molecule has 1 saturated heterocycles. The van der Waals surface area contributed by atoms with Crippen LogP contribution in [0.2, 0.25) is 0 Å². The van der Waals surface area contributed by atoms with E-state index in [0.717, 1.165) is 0 Å². The summed E-state index contributed by atoms with van der Waals surface area (Å²) in [6.07, 6.45) is 2.67. The molecule has 1 aliphatic heterocycles. The van der Waals surface area contributed by atoms with Gasteiger partial charge in [0.05, 0.1) is 30.9 Å². The van der Waals surface area contributed by atoms with Crippen LogP contribution in [0.4, 0.5) is 0 Å². The summed E-state index contributed by atoms with van der Waals surface area (Å²) in [6.45, 7) is 2.90. The Kier molecular flexibility index (Phi) is 5.28. The van der Waals surface area contributed by atoms with E-state index in [9.17, 15) is 9.90 Å². The van der Waals surface area contributed by atoms with Gasteiger partial charge in [-0.3, -0.25) is 9.78 Å². The van der Waals surface area contributed by atoms with Crippen LogP contribution in [0.15, 0.2) is 18.5 Å². The van der Waals surface area contributed by atoms with Gasteiger partial charge in [-0.05, 0) is 13.0 Å². The van der Waals surface area contributed by atoms with Gasteiger partial charge in [-0.15, -0.1) is 0 Å². The molecule has 2 rings (SSSR count). The number of pyridine rings is 1. The zero-order valence-corrected chi connectivity index (χ0v) is 12.0. The number of nitrogens with zero attached hydrogens (tertiary/aromatic N) is 2. The van der Waals surface area contributed by atoms with E-state index in [1.165, 1.54) is 6.20 Å². The monoisotopic (exact) mass is 289 g/mol. The van der Waals surface area contributed by atoms with Crippen molar-refractivity contribution < 1.29 is 14.6 Å². The standard InChI is InChI=1S/C15H19N3O3/c1-11-8-18(9-14(10-19)21-11)15(20)13-5-12(3-2-4-16)6-17-7-13/h5-7,11,14,19H,4,8-10,16H2,1H3. The lowest BCUT2D eigenvalue weighted by Gasteiger charge is -2.36. The minimum Gasteiger partial charge on any atom is -0.394 e. The smallest absolute Gasteiger partial charge is 0.255 e. The number of hydrogen-bond acceptors (Lipinski definition) is 5. The molecule has 0 saturated carbocycles. The number of morpholine rings is 1. The second kappa shape index (κ2) is 7.18. The predicted molar refractivity (Wildman–Crippen MR) is 77.5 cm³/mol. The van der Waals surface area contributed by atoms with Crippen molar-refractivity contribution in [1.82, 2.24) is 9.88 Å². The molecule has 3 N–H and O–H groups in total. The number of nitrogens with two attached hydrogens (primary N) is 1. The molecule has 1 aromatic heterocycles. The second-order valence-corrected chi connectivity index (χ2v) is 4.93. The van der Waals surface area contributed by atoms with Crippen molar-refractivity contribution >= 4 is 5.91 Å². The molecule has 1 amide bonds. The topological polar surface area (TPSA) is 88.7 Å². The maximum absolute atomic E-state index is 12.5. The predicted octanol–water partition coefficient (Wildman–Crippen LogP) is -0.386. The number of hydrogen-bond donors (Lipinski definition) is 2. The fourth-order valence-corrected chi connectivity index (χ4v) is 2.27. The van der Waals surface area contributed by atoms with Crippen LogP contribution in [0.25, 0.3) is 0 Å². The van der Waals surface area contributed by atoms with E-state index < -0.39 is 0 Å². The van der Waals surface area contributed by atoms with Gasteiger partial charge < -0.3 is 20.5 Å². The van der Waals surface area contributed by atoms with Crippen LogP contribution in [-0.2, 0) is 4.74 Å². The number of amides is 1. The van der Waals surface area contributed by atoms with Gasteiger partial charge in [-0.25, -0.2) is 0 Å². The number of aliphatic hydroxyl groups excluding tert-OH is 1. The van der Waals surface area contributed by atoms with Crippen LogP contribution in [-0.4, -0.2) is 59.3 Å². The maximum atomic E-state index is 12.5. The third-order valence-electron chi connectivity index (χ3n) is 3.14. The van der Waals surface area contributed by atoms with E-state index in [0.29, 0.717) is 24.2 Å². The van der Waals surface area contributed by atoms with E-state index in [1.54, 1.807) is 17.2 Å². The van der Waals surface area contributed by atoms with Crippen molar-refractivity contribution in [2.24, 2.45) is 5.73 Å². The van der Waals surface area contributed by atoms with Gasteiger partial charge in [0.25, 0.3) is 5.91 Å². The van der Waals surface area contributed by atoms with Crippen LogP contribution < -0.4 is 5.73 Å². The molecule has 2 heterocycles. The molecule has 1 aromatic rings. The molecule has 0 aromatic carbocycles. The number of ether oxygens (including phenoxy) is 1. The quantitative estimate of drug-likeness (QED) is 0.724. The molecule has 112 valence electrons. The lowest BCUT2D eigenvalue weighted by atomic mass is 10.1. The molecule has 0 bridgehead atoms. The summed E-state index contributed by atoms with van der Waals surface area (Å²) in [4.78, 5) is 18.2. The normalized spacial score (nSPS) is 21.6. The molecule has 2 unspecified atom stereocenters. The average Bonchev–Trinajstić information content (AvgIpc) is 2.51. The third kappa shape index (κ3) is 4.02. The minimum absolute atomic E-state index is 0.103. The molecule has 6 nitrogen and oxygen atoms in total. The van der Waals surface area contributed by atoms with Gasteiger partial charge in [-0.1, -0.05) is 11.8 Å². The van der Waals surface area contributed by atoms with E-state index >= 15 is 0 Å². The van der Waals surface area contributed by atoms with Crippen LogP contribution in [0.1, 0.15) is 22.8 Å². The fraction of sp³-hybridized carbons (Fsp3) is 0.467. The molecular formula is C15H19N3O3. The molecule has 1 fully saturated rings. The first-order valence-electron chi connectivity index (χ1n) is 6.83. The van der Waals surface area contributed by atoms with Crippen molar-refractivity contribution in [3.63, 3.8) is 0 Å². The maximum Gasteiger partial charge on any atom is 0.255 e. The Morgan fingerprint density at radius 1 is 1.57 bits per heavy atom. The van der Waals surface area contributed by atoms with Crippen LogP contribution in [0.5, 0.6) is 0 Å². The highest BCUT2D eigenvalue weighted by Crippen LogP contribution is 2.14. The van der Waals surface area contributed by atoms with Crippen LogP contribution >= 0.6 is 0 Å². The summed E-state index contributed by atoms with van der Waals surface area (Å²) >= 11 is 0. The molecule has 0 aliphatic carbocycles. The number of aliphatic hydroxyl groups is 1. The lowest BCUT2D eigenvalue weighted by Crippen LogP contribution is -2.50. The zero-order chi connectivity index (χ0) is 15.2. The van der Waals surface area contributed by atoms with Gasteiger partial charge in [-0.2, -0.15) is 0 Å². The third-order valence-corrected chi connectivity index (χ3v) is 3.14. The van der Waals surface area contributed by atoms with Gasteiger partial charge in [0.2, 0.25) is 0 Å². The average molecular weight is 289 g/mol. The first-order valence-corrected chi connectivity index (χ1v) is 6.83. The largest absolute Gasteiger partial charge is 0.394 e. The highest BCUT2D eigenvalue weighted by atomic mass is 16.5. The highest BCUT2D eigenvalue weighted by molar-refractivity contribution is 5.94. The van der Waals surface area contributed by atoms with E-state index in [-0.39, 0.29) is 31.3 Å². The highest BCUT2D eigenvalue weighted by Gasteiger charge is 2.28. The first-order chi connectivity index (χ1) is 10.1. The first kappa shape index (κ1) is 15.4. The SMILES string of the molecule is CC1CN(C(=O)c2cncc(C#CCN)c2)CC(CO)O1. The Hall–Kier alpha value is -1.94. The summed E-state index contributed by atoms with van der Waals surface area (Å²) < 4.78 is 5.53. The number of aromatic nitrogens is 1. The van der Waals surface area contributed by atoms with Crippen molar-refractivity contribution in [1.29, 1.82) is 0 Å². The zero-order valence-electron chi connectivity index (χ0n) is 12.0. The van der Waals surface area contributed by atoms with Crippen molar-refractivity contribution in [2.45, 2.75) is 19.1 Å². The van der Waals surface area contributed by atoms with Gasteiger partial charge in [0.15, 0.2) is 0 Å². The minimum atomic E-state index is -0.342. The second-order valence-electron chi connectivity index (χ2n) is 4.93. The Balaban J connectivity index is 2.15. The number of carbonyl (C=O) groups excluding carboxylic acids is 1. The van der Waals surface area contributed by atoms with Crippen LogP contribution in [0, 0.1) is 11.8 Å². The summed E-state index contributed by atoms with van der Waals surface area (Å²) in [7, 11) is 0. The van der Waals surface area contributed by atoms with Crippen LogP contribution in [0.3, 0.4) is 0 Å². The van der Waals surface area contributed by atoms with Gasteiger partial charge >= 0.3 is 0 Å². The fourth-order valence-electron chi connectivity index (χ4n) is 2.27. The van der Waals surface area contributed by atoms with Gasteiger partial charge in [0.1, 0.15) is 0 Å². The van der Waals surface area contributed by atoms with E-state index in [2.05, 4.69) is 16.8 Å². The summed E-state index contributed by atoms with van der Waals surface area (Å²) in [6, 6.07) is 1.70.